The van der Waals surface area contributed by atoms with Crippen molar-refractivity contribution in [3.8, 4) is 0 Å². The van der Waals surface area contributed by atoms with E-state index in [1.165, 1.54) is 0 Å². The van der Waals surface area contributed by atoms with E-state index in [0.717, 1.165) is 18.6 Å². The minimum absolute atomic E-state index is 0.259. The Morgan fingerprint density at radius 3 is 2.25 bits per heavy atom. The van der Waals surface area contributed by atoms with Crippen molar-refractivity contribution >= 4 is 17.7 Å². The maximum absolute atomic E-state index is 11.3. The minimum atomic E-state index is -1.27. The van der Waals surface area contributed by atoms with Crippen molar-refractivity contribution in [2.24, 2.45) is 10.8 Å². The van der Waals surface area contributed by atoms with Crippen molar-refractivity contribution in [3.63, 3.8) is 0 Å². The van der Waals surface area contributed by atoms with Crippen LogP contribution >= 0.6 is 11.8 Å². The van der Waals surface area contributed by atoms with Crippen molar-refractivity contribution in [2.75, 3.05) is 11.5 Å². The van der Waals surface area contributed by atoms with Gasteiger partial charge in [-0.05, 0) is 29.4 Å². The van der Waals surface area contributed by atoms with Crippen LogP contribution in [0.25, 0.3) is 0 Å². The smallest absolute Gasteiger partial charge is 0.251 e. The number of hydrogen-bond donors (Lipinski definition) is 3. The number of carbonyl (C=O) groups excluding carboxylic acids is 1. The molecule has 1 rings (SSSR count). The van der Waals surface area contributed by atoms with Crippen LogP contribution in [-0.4, -0.2) is 45.9 Å². The number of thioether (sulfide) groups is 1. The lowest BCUT2D eigenvalue weighted by Crippen LogP contribution is -2.36. The summed E-state index contributed by atoms with van der Waals surface area (Å²) in [7, 11) is 0. The van der Waals surface area contributed by atoms with Crippen LogP contribution in [0.4, 0.5) is 0 Å². The number of rotatable bonds is 6. The SMILES string of the molecule is CCC(C)(CSCC1NC(=O)C(O)C1O)CC(C)(C)C. The highest BCUT2D eigenvalue weighted by atomic mass is 32.2. The largest absolute Gasteiger partial charge is 0.388 e. The molecule has 1 aliphatic heterocycles. The highest BCUT2D eigenvalue weighted by Crippen LogP contribution is 2.38. The molecule has 0 aromatic heterocycles. The Morgan fingerprint density at radius 2 is 1.85 bits per heavy atom. The number of aliphatic hydroxyl groups is 2. The van der Waals surface area contributed by atoms with Gasteiger partial charge in [-0.3, -0.25) is 4.79 Å². The molecule has 0 radical (unpaired) electrons. The van der Waals surface area contributed by atoms with Gasteiger partial charge in [-0.2, -0.15) is 11.8 Å². The molecule has 1 saturated heterocycles. The third kappa shape index (κ3) is 4.93. The van der Waals surface area contributed by atoms with E-state index in [1.807, 2.05) is 0 Å². The first-order chi connectivity index (χ1) is 9.08. The first kappa shape index (κ1) is 17.8. The Labute approximate surface area is 126 Å². The monoisotopic (exact) mass is 303 g/mol. The molecule has 0 bridgehead atoms. The quantitative estimate of drug-likeness (QED) is 0.700. The summed E-state index contributed by atoms with van der Waals surface area (Å²) in [6.07, 6.45) is 0.00350. The molecule has 0 saturated carbocycles. The summed E-state index contributed by atoms with van der Waals surface area (Å²) < 4.78 is 0. The fraction of sp³-hybridized carbons (Fsp3) is 0.933. The van der Waals surface area contributed by atoms with Gasteiger partial charge in [0, 0.05) is 5.75 Å². The fourth-order valence-electron chi connectivity index (χ4n) is 2.86. The Hall–Kier alpha value is -0.260. The van der Waals surface area contributed by atoms with Gasteiger partial charge in [-0.25, -0.2) is 0 Å². The van der Waals surface area contributed by atoms with Gasteiger partial charge in [-0.15, -0.1) is 0 Å². The van der Waals surface area contributed by atoms with Gasteiger partial charge in [-0.1, -0.05) is 34.6 Å². The number of hydrogen-bond acceptors (Lipinski definition) is 4. The van der Waals surface area contributed by atoms with Crippen LogP contribution in [0.5, 0.6) is 0 Å². The summed E-state index contributed by atoms with van der Waals surface area (Å²) in [6.45, 7) is 11.3. The summed E-state index contributed by atoms with van der Waals surface area (Å²) in [5.74, 6) is 1.18. The van der Waals surface area contributed by atoms with Gasteiger partial charge in [0.15, 0.2) is 6.10 Å². The summed E-state index contributed by atoms with van der Waals surface area (Å²) in [6, 6.07) is -0.335. The first-order valence-electron chi connectivity index (χ1n) is 7.32. The molecule has 0 aliphatic carbocycles. The molecule has 1 fully saturated rings. The van der Waals surface area contributed by atoms with Gasteiger partial charge in [0.2, 0.25) is 0 Å². The second-order valence-electron chi connectivity index (χ2n) is 7.47. The van der Waals surface area contributed by atoms with Gasteiger partial charge in [0.1, 0.15) is 6.10 Å². The maximum Gasteiger partial charge on any atom is 0.251 e. The number of aliphatic hydroxyl groups excluding tert-OH is 2. The van der Waals surface area contributed by atoms with Gasteiger partial charge in [0.25, 0.3) is 5.91 Å². The van der Waals surface area contributed by atoms with E-state index in [0.29, 0.717) is 11.2 Å². The van der Waals surface area contributed by atoms with Crippen LogP contribution in [0, 0.1) is 10.8 Å². The third-order valence-corrected chi connectivity index (χ3v) is 5.39. The lowest BCUT2D eigenvalue weighted by molar-refractivity contribution is -0.128. The third-order valence-electron chi connectivity index (χ3n) is 3.89. The summed E-state index contributed by atoms with van der Waals surface area (Å²) in [5, 5.41) is 21.8. The van der Waals surface area contributed by atoms with Crippen molar-refractivity contribution in [2.45, 2.75) is 65.7 Å². The molecule has 0 spiro atoms. The Kier molecular flexibility index (Phi) is 5.93. The second kappa shape index (κ2) is 6.67. The summed E-state index contributed by atoms with van der Waals surface area (Å²) in [4.78, 5) is 11.3. The van der Waals surface area contributed by atoms with Gasteiger partial charge in [0.05, 0.1) is 6.04 Å². The molecular weight excluding hydrogens is 274 g/mol. The van der Waals surface area contributed by atoms with Gasteiger partial charge < -0.3 is 15.5 Å². The molecule has 4 atom stereocenters. The van der Waals surface area contributed by atoms with Crippen LogP contribution in [0.2, 0.25) is 0 Å². The average Bonchev–Trinajstić information content (AvgIpc) is 2.55. The standard InChI is InChI=1S/C15H29NO3S/c1-6-15(5,8-14(2,3)4)9-20-7-10-11(17)12(18)13(19)16-10/h10-12,17-18H,6-9H2,1-5H3,(H,16,19). The molecule has 0 aromatic carbocycles. The molecule has 0 aromatic rings. The normalized spacial score (nSPS) is 30.1. The van der Waals surface area contributed by atoms with Crippen molar-refractivity contribution < 1.29 is 15.0 Å². The lowest BCUT2D eigenvalue weighted by Gasteiger charge is -2.35. The molecular formula is C15H29NO3S. The topological polar surface area (TPSA) is 69.6 Å². The van der Waals surface area contributed by atoms with Crippen LogP contribution in [0.3, 0.4) is 0 Å². The Morgan fingerprint density at radius 1 is 1.25 bits per heavy atom. The maximum atomic E-state index is 11.3. The molecule has 4 nitrogen and oxygen atoms in total. The van der Waals surface area contributed by atoms with Gasteiger partial charge >= 0.3 is 0 Å². The molecule has 3 N–H and O–H groups in total. The minimum Gasteiger partial charge on any atom is -0.388 e. The highest BCUT2D eigenvalue weighted by Gasteiger charge is 2.40. The van der Waals surface area contributed by atoms with E-state index in [9.17, 15) is 15.0 Å². The van der Waals surface area contributed by atoms with E-state index >= 15 is 0 Å². The summed E-state index contributed by atoms with van der Waals surface area (Å²) in [5.41, 5.74) is 0.553. The zero-order valence-electron chi connectivity index (χ0n) is 13.3. The number of amides is 1. The van der Waals surface area contributed by atoms with E-state index in [2.05, 4.69) is 39.9 Å². The van der Waals surface area contributed by atoms with Crippen molar-refractivity contribution in [1.29, 1.82) is 0 Å². The molecule has 4 unspecified atom stereocenters. The van der Waals surface area contributed by atoms with E-state index < -0.39 is 18.1 Å². The molecule has 20 heavy (non-hydrogen) atoms. The summed E-state index contributed by atoms with van der Waals surface area (Å²) >= 11 is 1.74. The fourth-order valence-corrected chi connectivity index (χ4v) is 4.31. The Bertz CT molecular complexity index is 343. The lowest BCUT2D eigenvalue weighted by atomic mass is 9.75. The van der Waals surface area contributed by atoms with E-state index in [4.69, 9.17) is 0 Å². The zero-order valence-corrected chi connectivity index (χ0v) is 14.1. The van der Waals surface area contributed by atoms with Crippen LogP contribution in [0.1, 0.15) is 47.5 Å². The molecule has 5 heteroatoms. The predicted octanol–water partition coefficient (Wildman–Crippen LogP) is 1.79. The molecule has 1 heterocycles. The molecule has 1 aliphatic rings. The second-order valence-corrected chi connectivity index (χ2v) is 8.50. The zero-order chi connectivity index (χ0) is 15.6. The molecule has 118 valence electrons. The van der Waals surface area contributed by atoms with Crippen LogP contribution in [-0.2, 0) is 4.79 Å². The predicted molar refractivity (Wildman–Crippen MR) is 83.7 cm³/mol. The average molecular weight is 303 g/mol. The van der Waals surface area contributed by atoms with E-state index in [1.54, 1.807) is 11.8 Å². The highest BCUT2D eigenvalue weighted by molar-refractivity contribution is 7.99. The van der Waals surface area contributed by atoms with E-state index in [-0.39, 0.29) is 11.5 Å². The van der Waals surface area contributed by atoms with Crippen molar-refractivity contribution in [1.82, 2.24) is 5.32 Å². The number of carbonyl (C=O) groups is 1. The number of nitrogens with one attached hydrogen (secondary N) is 1. The van der Waals surface area contributed by atoms with Crippen molar-refractivity contribution in [3.05, 3.63) is 0 Å². The molecule has 1 amide bonds. The van der Waals surface area contributed by atoms with Crippen LogP contribution < -0.4 is 5.32 Å². The Balaban J connectivity index is 2.44. The first-order valence-corrected chi connectivity index (χ1v) is 8.48. The van der Waals surface area contributed by atoms with Crippen LogP contribution in [0.15, 0.2) is 0 Å².